The normalized spacial score (nSPS) is 15.6. The highest BCUT2D eigenvalue weighted by Crippen LogP contribution is 2.31. The summed E-state index contributed by atoms with van der Waals surface area (Å²) < 4.78 is 10.7. The van der Waals surface area contributed by atoms with Crippen LogP contribution in [0.5, 0.6) is 5.75 Å². The van der Waals surface area contributed by atoms with Crippen molar-refractivity contribution >= 4 is 29.9 Å². The molecule has 1 aliphatic rings. The van der Waals surface area contributed by atoms with Gasteiger partial charge in [-0.3, -0.25) is 9.89 Å². The van der Waals surface area contributed by atoms with Crippen molar-refractivity contribution in [2.45, 2.75) is 45.1 Å². The van der Waals surface area contributed by atoms with E-state index in [1.54, 1.807) is 14.2 Å². The molecule has 0 bridgehead atoms. The number of halogens is 1. The van der Waals surface area contributed by atoms with Gasteiger partial charge in [0.15, 0.2) is 5.96 Å². The Balaban J connectivity index is 0.00000420. The summed E-state index contributed by atoms with van der Waals surface area (Å²) in [6.07, 6.45) is 5.91. The number of aliphatic imine (C=N–C) groups is 1. The van der Waals surface area contributed by atoms with Gasteiger partial charge in [-0.25, -0.2) is 0 Å². The Morgan fingerprint density at radius 2 is 1.86 bits per heavy atom. The Morgan fingerprint density at radius 1 is 1.10 bits per heavy atom. The summed E-state index contributed by atoms with van der Waals surface area (Å²) in [7, 11) is 3.51. The highest BCUT2D eigenvalue weighted by Gasteiger charge is 2.25. The van der Waals surface area contributed by atoms with E-state index in [0.717, 1.165) is 70.3 Å². The number of rotatable bonds is 12. The summed E-state index contributed by atoms with van der Waals surface area (Å²) in [5.74, 6) is 1.85. The second kappa shape index (κ2) is 15.7. The average molecular weight is 518 g/mol. The quantitative estimate of drug-likeness (QED) is 0.191. The van der Waals surface area contributed by atoms with Gasteiger partial charge in [-0.2, -0.15) is 0 Å². The fourth-order valence-corrected chi connectivity index (χ4v) is 3.68. The zero-order valence-electron chi connectivity index (χ0n) is 18.3. The molecule has 1 aliphatic heterocycles. The summed E-state index contributed by atoms with van der Waals surface area (Å²) in [4.78, 5) is 7.45. The summed E-state index contributed by atoms with van der Waals surface area (Å²) in [6.45, 7) is 7.71. The summed E-state index contributed by atoms with van der Waals surface area (Å²) in [6, 6.07) is 8.59. The number of likely N-dealkylation sites (tertiary alicyclic amines) is 1. The second-order valence-corrected chi connectivity index (χ2v) is 7.20. The van der Waals surface area contributed by atoms with E-state index >= 15 is 0 Å². The molecule has 1 aromatic carbocycles. The number of unbranched alkanes of at least 4 members (excludes halogenated alkanes) is 2. The third-order valence-electron chi connectivity index (χ3n) is 5.16. The predicted octanol–water partition coefficient (Wildman–Crippen LogP) is 3.82. The Kier molecular flexibility index (Phi) is 14.1. The van der Waals surface area contributed by atoms with Crippen molar-refractivity contribution in [3.8, 4) is 5.75 Å². The van der Waals surface area contributed by atoms with Crippen molar-refractivity contribution in [2.24, 2.45) is 4.99 Å². The molecule has 1 aromatic rings. The molecule has 1 atom stereocenters. The average Bonchev–Trinajstić information content (AvgIpc) is 3.25. The van der Waals surface area contributed by atoms with E-state index in [9.17, 15) is 0 Å². The lowest BCUT2D eigenvalue weighted by Gasteiger charge is -2.28. The maximum atomic E-state index is 5.64. The highest BCUT2D eigenvalue weighted by molar-refractivity contribution is 14.0. The summed E-state index contributed by atoms with van der Waals surface area (Å²) in [5.41, 5.74) is 1.23. The number of para-hydroxylation sites is 1. The molecule has 6 nitrogen and oxygen atoms in total. The van der Waals surface area contributed by atoms with Gasteiger partial charge in [0.1, 0.15) is 5.75 Å². The predicted molar refractivity (Wildman–Crippen MR) is 132 cm³/mol. The SMILES string of the molecule is CCNC(=NCC(c1ccccc1OC)N1CCCC1)NCCCCCOC.I. The fraction of sp³-hybridized carbons (Fsp3) is 0.682. The molecule has 0 spiro atoms. The number of nitrogens with one attached hydrogen (secondary N) is 2. The molecule has 1 saturated heterocycles. The van der Waals surface area contributed by atoms with Crippen LogP contribution >= 0.6 is 24.0 Å². The van der Waals surface area contributed by atoms with Gasteiger partial charge in [0.25, 0.3) is 0 Å². The maximum absolute atomic E-state index is 5.64. The first kappa shape index (κ1) is 26.0. The van der Waals surface area contributed by atoms with Gasteiger partial charge in [-0.15, -0.1) is 24.0 Å². The standard InChI is InChI=1S/C22H38N4O2.HI/c1-4-23-22(24-14-8-5-11-17-27-2)25-18-20(26-15-9-10-16-26)19-12-6-7-13-21(19)28-3;/h6-7,12-13,20H,4-5,8-11,14-18H2,1-3H3,(H2,23,24,25);1H. The molecule has 0 saturated carbocycles. The Labute approximate surface area is 193 Å². The van der Waals surface area contributed by atoms with Gasteiger partial charge in [0.2, 0.25) is 0 Å². The highest BCUT2D eigenvalue weighted by atomic mass is 127. The van der Waals surface area contributed by atoms with E-state index < -0.39 is 0 Å². The number of nitrogens with zero attached hydrogens (tertiary/aromatic N) is 2. The number of methoxy groups -OCH3 is 2. The maximum Gasteiger partial charge on any atom is 0.191 e. The van der Waals surface area contributed by atoms with Crippen LogP contribution in [0.15, 0.2) is 29.3 Å². The van der Waals surface area contributed by atoms with E-state index in [4.69, 9.17) is 14.5 Å². The molecule has 7 heteroatoms. The molecule has 0 amide bonds. The van der Waals surface area contributed by atoms with Crippen LogP contribution in [0, 0.1) is 0 Å². The minimum Gasteiger partial charge on any atom is -0.496 e. The minimum absolute atomic E-state index is 0. The van der Waals surface area contributed by atoms with Gasteiger partial charge >= 0.3 is 0 Å². The van der Waals surface area contributed by atoms with E-state index in [1.165, 1.54) is 18.4 Å². The van der Waals surface area contributed by atoms with Crippen molar-refractivity contribution in [1.82, 2.24) is 15.5 Å². The fourth-order valence-electron chi connectivity index (χ4n) is 3.68. The summed E-state index contributed by atoms with van der Waals surface area (Å²) in [5, 5.41) is 6.85. The molecular weight excluding hydrogens is 479 g/mol. The van der Waals surface area contributed by atoms with Crippen LogP contribution in [-0.2, 0) is 4.74 Å². The number of hydrogen-bond acceptors (Lipinski definition) is 4. The van der Waals surface area contributed by atoms with Gasteiger partial charge < -0.3 is 20.1 Å². The zero-order chi connectivity index (χ0) is 20.0. The van der Waals surface area contributed by atoms with Crippen molar-refractivity contribution < 1.29 is 9.47 Å². The molecule has 29 heavy (non-hydrogen) atoms. The van der Waals surface area contributed by atoms with Gasteiger partial charge in [-0.05, 0) is 58.2 Å². The van der Waals surface area contributed by atoms with Gasteiger partial charge in [-0.1, -0.05) is 18.2 Å². The smallest absolute Gasteiger partial charge is 0.191 e. The molecule has 1 heterocycles. The molecular formula is C22H39IN4O2. The molecule has 2 N–H and O–H groups in total. The van der Waals surface area contributed by atoms with Crippen LogP contribution in [0.2, 0.25) is 0 Å². The van der Waals surface area contributed by atoms with Crippen LogP contribution in [0.3, 0.4) is 0 Å². The molecule has 1 fully saturated rings. The van der Waals surface area contributed by atoms with Crippen LogP contribution in [0.1, 0.15) is 50.6 Å². The lowest BCUT2D eigenvalue weighted by atomic mass is 10.0. The van der Waals surface area contributed by atoms with Gasteiger partial charge in [0.05, 0.1) is 19.7 Å². The van der Waals surface area contributed by atoms with Crippen LogP contribution in [-0.4, -0.2) is 64.4 Å². The van der Waals surface area contributed by atoms with Crippen molar-refractivity contribution in [3.05, 3.63) is 29.8 Å². The van der Waals surface area contributed by atoms with E-state index in [-0.39, 0.29) is 30.0 Å². The van der Waals surface area contributed by atoms with E-state index in [0.29, 0.717) is 0 Å². The minimum atomic E-state index is 0. The first-order valence-corrected chi connectivity index (χ1v) is 10.7. The topological polar surface area (TPSA) is 58.1 Å². The molecule has 0 radical (unpaired) electrons. The lowest BCUT2D eigenvalue weighted by molar-refractivity contribution is 0.192. The molecule has 0 aromatic heterocycles. The van der Waals surface area contributed by atoms with Crippen molar-refractivity contribution in [2.75, 3.05) is 53.6 Å². The van der Waals surface area contributed by atoms with Gasteiger partial charge in [0, 0.05) is 32.4 Å². The number of ether oxygens (including phenoxy) is 2. The van der Waals surface area contributed by atoms with E-state index in [1.807, 2.05) is 12.1 Å². The van der Waals surface area contributed by atoms with E-state index in [2.05, 4.69) is 34.6 Å². The molecule has 1 unspecified atom stereocenters. The van der Waals surface area contributed by atoms with Crippen LogP contribution in [0.4, 0.5) is 0 Å². The molecule has 166 valence electrons. The Morgan fingerprint density at radius 3 is 2.55 bits per heavy atom. The third-order valence-corrected chi connectivity index (χ3v) is 5.16. The molecule has 0 aliphatic carbocycles. The van der Waals surface area contributed by atoms with Crippen molar-refractivity contribution in [1.29, 1.82) is 0 Å². The van der Waals surface area contributed by atoms with Crippen molar-refractivity contribution in [3.63, 3.8) is 0 Å². The van der Waals surface area contributed by atoms with Crippen LogP contribution in [0.25, 0.3) is 0 Å². The number of guanidine groups is 1. The Bertz CT molecular complexity index is 580. The second-order valence-electron chi connectivity index (χ2n) is 7.20. The number of hydrogen-bond donors (Lipinski definition) is 2. The Hall–Kier alpha value is -1.06. The third kappa shape index (κ3) is 9.09. The number of benzene rings is 1. The molecule has 2 rings (SSSR count). The largest absolute Gasteiger partial charge is 0.496 e. The summed E-state index contributed by atoms with van der Waals surface area (Å²) >= 11 is 0. The first-order valence-electron chi connectivity index (χ1n) is 10.7. The monoisotopic (exact) mass is 518 g/mol. The van der Waals surface area contributed by atoms with Crippen LogP contribution < -0.4 is 15.4 Å². The zero-order valence-corrected chi connectivity index (χ0v) is 20.6. The first-order chi connectivity index (χ1) is 13.8. The lowest BCUT2D eigenvalue weighted by Crippen LogP contribution is -2.39.